The van der Waals surface area contributed by atoms with Crippen LogP contribution in [0.1, 0.15) is 22.8 Å². The summed E-state index contributed by atoms with van der Waals surface area (Å²) in [5.74, 6) is -2.12. The summed E-state index contributed by atoms with van der Waals surface area (Å²) in [5, 5.41) is 12.4. The largest absolute Gasteiger partial charge is 0.477 e. The average Bonchev–Trinajstić information content (AvgIpc) is 3.46. The average molecular weight is 382 g/mol. The Bertz CT molecular complexity index is 1030. The molecule has 136 valence electrons. The smallest absolute Gasteiger partial charge is 0.341 e. The fourth-order valence-corrected chi connectivity index (χ4v) is 4.30. The lowest BCUT2D eigenvalue weighted by atomic mass is 10.1. The van der Waals surface area contributed by atoms with Crippen LogP contribution in [0, 0.1) is 5.82 Å². The normalized spacial score (nSPS) is 29.1. The van der Waals surface area contributed by atoms with Crippen LogP contribution in [-0.4, -0.2) is 47.0 Å². The number of hydrogen-bond donors (Lipinski definition) is 2. The Labute approximate surface area is 151 Å². The van der Waals surface area contributed by atoms with Gasteiger partial charge in [-0.25, -0.2) is 13.6 Å². The van der Waals surface area contributed by atoms with Gasteiger partial charge in [0.2, 0.25) is 5.43 Å². The third-order valence-corrected chi connectivity index (χ3v) is 5.77. The Balaban J connectivity index is 1.79. The Morgan fingerprint density at radius 2 is 2.00 bits per heavy atom. The number of carbonyl (C=O) groups is 1. The Morgan fingerprint density at radius 1 is 1.35 bits per heavy atom. The molecular weight excluding hydrogens is 368 g/mol. The second-order valence-electron chi connectivity index (χ2n) is 7.11. The molecule has 0 bridgehead atoms. The first-order valence-electron chi connectivity index (χ1n) is 8.32. The third kappa shape index (κ3) is 2.18. The number of halogens is 3. The van der Waals surface area contributed by atoms with E-state index in [0.717, 1.165) is 12.3 Å². The first-order chi connectivity index (χ1) is 12.4. The molecule has 2 aliphatic heterocycles. The molecule has 26 heavy (non-hydrogen) atoms. The molecule has 6 nitrogen and oxygen atoms in total. The van der Waals surface area contributed by atoms with Gasteiger partial charge in [0, 0.05) is 37.8 Å². The van der Waals surface area contributed by atoms with Crippen molar-refractivity contribution in [3.05, 3.63) is 38.9 Å². The van der Waals surface area contributed by atoms with Crippen LogP contribution < -0.4 is 15.6 Å². The molecule has 0 radical (unpaired) electrons. The lowest BCUT2D eigenvalue weighted by Crippen LogP contribution is -2.29. The van der Waals surface area contributed by atoms with Crippen molar-refractivity contribution in [2.45, 2.75) is 30.7 Å². The van der Waals surface area contributed by atoms with E-state index in [1.807, 2.05) is 4.90 Å². The zero-order valence-electron chi connectivity index (χ0n) is 13.4. The summed E-state index contributed by atoms with van der Waals surface area (Å²) in [4.78, 5) is 25.7. The van der Waals surface area contributed by atoms with Crippen LogP contribution in [0.5, 0.6) is 0 Å². The Kier molecular flexibility index (Phi) is 3.19. The number of alkyl halides is 1. The summed E-state index contributed by atoms with van der Waals surface area (Å²) in [7, 11) is 0. The van der Waals surface area contributed by atoms with E-state index < -0.39 is 35.0 Å². The molecule has 4 atom stereocenters. The molecule has 3 fully saturated rings. The second kappa shape index (κ2) is 5.17. The minimum absolute atomic E-state index is 0.0226. The van der Waals surface area contributed by atoms with Gasteiger partial charge >= 0.3 is 5.97 Å². The number of carboxylic acid groups (broad SMARTS) is 1. The molecule has 1 aliphatic carbocycles. The van der Waals surface area contributed by atoms with Gasteiger partial charge in [-0.05, 0) is 6.07 Å². The molecular formula is C17H14ClF2N3O3. The van der Waals surface area contributed by atoms with Gasteiger partial charge in [-0.1, -0.05) is 11.6 Å². The maximum absolute atomic E-state index is 14.8. The molecule has 0 spiro atoms. The van der Waals surface area contributed by atoms with Gasteiger partial charge in [0.05, 0.1) is 27.7 Å². The quantitative estimate of drug-likeness (QED) is 0.794. The number of rotatable bonds is 3. The molecule has 2 saturated heterocycles. The number of hydrogen-bond acceptors (Lipinski definition) is 4. The molecule has 5 rings (SSSR count). The van der Waals surface area contributed by atoms with Crippen LogP contribution in [0.3, 0.4) is 0 Å². The number of fused-ring (bicyclic) bond motifs is 2. The second-order valence-corrected chi connectivity index (χ2v) is 7.48. The lowest BCUT2D eigenvalue weighted by molar-refractivity contribution is 0.0694. The van der Waals surface area contributed by atoms with Crippen molar-refractivity contribution < 1.29 is 18.7 Å². The molecule has 1 aromatic carbocycles. The topological polar surface area (TPSA) is 84.5 Å². The number of nitrogens with zero attached hydrogens (tertiary/aromatic N) is 2. The highest BCUT2D eigenvalue weighted by molar-refractivity contribution is 6.38. The summed E-state index contributed by atoms with van der Waals surface area (Å²) >= 11 is 6.49. The zero-order valence-corrected chi connectivity index (χ0v) is 14.1. The third-order valence-electron chi connectivity index (χ3n) is 5.41. The highest BCUT2D eigenvalue weighted by Crippen LogP contribution is 2.44. The molecule has 2 aromatic rings. The fourth-order valence-electron chi connectivity index (χ4n) is 3.89. The van der Waals surface area contributed by atoms with E-state index in [-0.39, 0.29) is 28.0 Å². The lowest BCUT2D eigenvalue weighted by Gasteiger charge is -2.24. The standard InChI is InChI=1S/C17H14ClF2N3O3/c18-13-14-6(1-9(20)15(13)22-4-10-11(5-22)21-10)16(24)7(17(25)26)3-23(14)12-2-8(12)19/h1,3,8,10-12,21H,2,4-5H2,(H,25,26). The summed E-state index contributed by atoms with van der Waals surface area (Å²) in [6.07, 6.45) is 0.182. The minimum Gasteiger partial charge on any atom is -0.477 e. The van der Waals surface area contributed by atoms with E-state index in [4.69, 9.17) is 11.6 Å². The van der Waals surface area contributed by atoms with E-state index in [2.05, 4.69) is 5.32 Å². The molecule has 3 aliphatic rings. The number of aromatic nitrogens is 1. The molecule has 1 aromatic heterocycles. The predicted octanol–water partition coefficient (Wildman–Crippen LogP) is 1.94. The van der Waals surface area contributed by atoms with Crippen molar-refractivity contribution >= 4 is 34.2 Å². The molecule has 9 heteroatoms. The number of pyridine rings is 1. The van der Waals surface area contributed by atoms with E-state index in [0.29, 0.717) is 25.2 Å². The highest BCUT2D eigenvalue weighted by Gasteiger charge is 2.46. The van der Waals surface area contributed by atoms with Crippen molar-refractivity contribution in [2.75, 3.05) is 18.0 Å². The SMILES string of the molecule is O=C(O)c1cn(C2CC2F)c2c(Cl)c(N3CC4NC4C3)c(F)cc2c1=O. The van der Waals surface area contributed by atoms with Crippen LogP contribution in [0.2, 0.25) is 5.02 Å². The maximum atomic E-state index is 14.8. The van der Waals surface area contributed by atoms with Crippen LogP contribution in [0.15, 0.2) is 17.1 Å². The van der Waals surface area contributed by atoms with Crippen molar-refractivity contribution in [3.63, 3.8) is 0 Å². The van der Waals surface area contributed by atoms with Crippen molar-refractivity contribution in [1.29, 1.82) is 0 Å². The van der Waals surface area contributed by atoms with E-state index >= 15 is 0 Å². The number of benzene rings is 1. The number of nitrogens with one attached hydrogen (secondary N) is 1. The summed E-state index contributed by atoms with van der Waals surface area (Å²) in [6, 6.07) is 1.03. The number of anilines is 1. The summed E-state index contributed by atoms with van der Waals surface area (Å²) in [6.45, 7) is 1.19. The number of carboxylic acids is 1. The Morgan fingerprint density at radius 3 is 2.58 bits per heavy atom. The van der Waals surface area contributed by atoms with Gasteiger partial charge < -0.3 is 19.9 Å². The molecule has 3 heterocycles. The monoisotopic (exact) mass is 381 g/mol. The number of aromatic carboxylic acids is 1. The first kappa shape index (κ1) is 16.0. The summed E-state index contributed by atoms with van der Waals surface area (Å²) in [5.41, 5.74) is -0.971. The van der Waals surface area contributed by atoms with Crippen molar-refractivity contribution in [1.82, 2.24) is 9.88 Å². The van der Waals surface area contributed by atoms with Gasteiger partial charge in [-0.3, -0.25) is 4.79 Å². The zero-order chi connectivity index (χ0) is 18.3. The van der Waals surface area contributed by atoms with Gasteiger partial charge in [0.1, 0.15) is 17.6 Å². The fraction of sp³-hybridized carbons (Fsp3) is 0.412. The van der Waals surface area contributed by atoms with Crippen LogP contribution in [0.25, 0.3) is 10.9 Å². The number of piperazine rings is 1. The van der Waals surface area contributed by atoms with Gasteiger partial charge in [0.15, 0.2) is 0 Å². The predicted molar refractivity (Wildman–Crippen MR) is 91.6 cm³/mol. The summed E-state index contributed by atoms with van der Waals surface area (Å²) < 4.78 is 29.9. The minimum atomic E-state index is -1.44. The molecule has 1 saturated carbocycles. The van der Waals surface area contributed by atoms with Crippen LogP contribution in [-0.2, 0) is 0 Å². The van der Waals surface area contributed by atoms with Gasteiger partial charge in [-0.2, -0.15) is 0 Å². The van der Waals surface area contributed by atoms with Gasteiger partial charge in [0.25, 0.3) is 0 Å². The van der Waals surface area contributed by atoms with E-state index in [1.165, 1.54) is 4.57 Å². The highest BCUT2D eigenvalue weighted by atomic mass is 35.5. The molecule has 2 N–H and O–H groups in total. The van der Waals surface area contributed by atoms with Crippen LogP contribution in [0.4, 0.5) is 14.5 Å². The first-order valence-corrected chi connectivity index (χ1v) is 8.70. The van der Waals surface area contributed by atoms with E-state index in [9.17, 15) is 23.5 Å². The molecule has 0 amide bonds. The van der Waals surface area contributed by atoms with E-state index in [1.54, 1.807) is 0 Å². The maximum Gasteiger partial charge on any atom is 0.341 e. The van der Waals surface area contributed by atoms with Crippen molar-refractivity contribution in [2.24, 2.45) is 0 Å². The van der Waals surface area contributed by atoms with Crippen molar-refractivity contribution in [3.8, 4) is 0 Å². The van der Waals surface area contributed by atoms with Crippen LogP contribution >= 0.6 is 11.6 Å². The molecule has 4 unspecified atom stereocenters. The Hall–Kier alpha value is -2.19. The van der Waals surface area contributed by atoms with Gasteiger partial charge in [-0.15, -0.1) is 0 Å².